The normalized spacial score (nSPS) is 13.0. The van der Waals surface area contributed by atoms with E-state index < -0.39 is 24.2 Å². The molecule has 0 atom stereocenters. The van der Waals surface area contributed by atoms with Crippen LogP contribution in [-0.2, 0) is 17.6 Å². The molecule has 5 nitrogen and oxygen atoms in total. The molecule has 2 aromatic carbocycles. The third kappa shape index (κ3) is 3.70. The molecule has 0 N–H and O–H groups in total. The fourth-order valence-corrected chi connectivity index (χ4v) is 3.78. The van der Waals surface area contributed by atoms with Gasteiger partial charge in [-0.05, 0) is 55.5 Å². The number of ketones is 1. The summed E-state index contributed by atoms with van der Waals surface area (Å²) in [6.45, 7) is -0.496. The number of ether oxygens (including phenoxy) is 2. The number of para-hydroxylation sites is 1. The van der Waals surface area contributed by atoms with Gasteiger partial charge in [-0.15, -0.1) is 0 Å². The Morgan fingerprint density at radius 3 is 2.72 bits per heavy atom. The van der Waals surface area contributed by atoms with Gasteiger partial charge in [0.15, 0.2) is 6.61 Å². The van der Waals surface area contributed by atoms with Gasteiger partial charge in [-0.25, -0.2) is 9.18 Å². The lowest BCUT2D eigenvalue weighted by atomic mass is 9.90. The maximum absolute atomic E-state index is 13.5. The molecule has 0 unspecified atom stereocenters. The standard InChI is InChI=1S/C23H20FNO4/c1-28-21-11-10-14(24)12-17(21)20(26)13-29-23(27)22-15-6-2-4-8-18(15)25-19-9-5-3-7-16(19)22/h2,4,6,8,10-12H,3,5,7,9,13H2,1H3. The van der Waals surface area contributed by atoms with Gasteiger partial charge in [-0.3, -0.25) is 9.78 Å². The van der Waals surface area contributed by atoms with Crippen LogP contribution < -0.4 is 4.74 Å². The third-order valence-corrected chi connectivity index (χ3v) is 5.17. The van der Waals surface area contributed by atoms with Gasteiger partial charge in [0.1, 0.15) is 11.6 Å². The number of hydrogen-bond donors (Lipinski definition) is 0. The molecule has 148 valence electrons. The van der Waals surface area contributed by atoms with Crippen molar-refractivity contribution in [3.63, 3.8) is 0 Å². The number of fused-ring (bicyclic) bond motifs is 2. The van der Waals surface area contributed by atoms with E-state index in [0.29, 0.717) is 10.9 Å². The number of aryl methyl sites for hydroxylation is 1. The molecule has 3 aromatic rings. The second-order valence-electron chi connectivity index (χ2n) is 6.98. The summed E-state index contributed by atoms with van der Waals surface area (Å²) in [5.74, 6) is -1.42. The number of methoxy groups -OCH3 is 1. The van der Waals surface area contributed by atoms with Crippen LogP contribution in [0, 0.1) is 5.82 Å². The van der Waals surface area contributed by atoms with E-state index in [9.17, 15) is 14.0 Å². The Morgan fingerprint density at radius 1 is 1.10 bits per heavy atom. The zero-order chi connectivity index (χ0) is 20.4. The highest BCUT2D eigenvalue weighted by molar-refractivity contribution is 6.07. The zero-order valence-electron chi connectivity index (χ0n) is 16.0. The summed E-state index contributed by atoms with van der Waals surface area (Å²) < 4.78 is 24.0. The first kappa shape index (κ1) is 19.1. The van der Waals surface area contributed by atoms with Gasteiger partial charge >= 0.3 is 5.97 Å². The highest BCUT2D eigenvalue weighted by Crippen LogP contribution is 2.30. The second kappa shape index (κ2) is 7.99. The van der Waals surface area contributed by atoms with E-state index in [2.05, 4.69) is 0 Å². The topological polar surface area (TPSA) is 65.5 Å². The fourth-order valence-electron chi connectivity index (χ4n) is 3.78. The first-order chi connectivity index (χ1) is 14.1. The third-order valence-electron chi connectivity index (χ3n) is 5.17. The number of halogens is 1. The largest absolute Gasteiger partial charge is 0.496 e. The van der Waals surface area contributed by atoms with Crippen LogP contribution in [0.15, 0.2) is 42.5 Å². The molecule has 0 saturated carbocycles. The van der Waals surface area contributed by atoms with Gasteiger partial charge < -0.3 is 9.47 Å². The quantitative estimate of drug-likeness (QED) is 0.478. The minimum atomic E-state index is -0.564. The van der Waals surface area contributed by atoms with Crippen molar-refractivity contribution in [2.24, 2.45) is 0 Å². The summed E-state index contributed by atoms with van der Waals surface area (Å²) in [6.07, 6.45) is 3.58. The molecule has 0 spiro atoms. The summed E-state index contributed by atoms with van der Waals surface area (Å²) in [5, 5.41) is 0.717. The molecule has 0 aliphatic heterocycles. The number of aromatic nitrogens is 1. The minimum Gasteiger partial charge on any atom is -0.496 e. The van der Waals surface area contributed by atoms with Crippen molar-refractivity contribution in [2.45, 2.75) is 25.7 Å². The molecule has 0 bridgehead atoms. The highest BCUT2D eigenvalue weighted by atomic mass is 19.1. The smallest absolute Gasteiger partial charge is 0.339 e. The Morgan fingerprint density at radius 2 is 1.90 bits per heavy atom. The van der Waals surface area contributed by atoms with Crippen molar-refractivity contribution in [2.75, 3.05) is 13.7 Å². The van der Waals surface area contributed by atoms with Crippen LogP contribution >= 0.6 is 0 Å². The van der Waals surface area contributed by atoms with Crippen LogP contribution in [0.4, 0.5) is 4.39 Å². The first-order valence-electron chi connectivity index (χ1n) is 9.53. The number of Topliss-reactive ketones (excluding diaryl/α,β-unsaturated/α-hetero) is 1. The predicted octanol–water partition coefficient (Wildman–Crippen LogP) is 4.30. The molecule has 4 rings (SSSR count). The van der Waals surface area contributed by atoms with E-state index in [0.717, 1.165) is 48.5 Å². The van der Waals surface area contributed by atoms with Gasteiger partial charge in [0, 0.05) is 11.1 Å². The lowest BCUT2D eigenvalue weighted by Crippen LogP contribution is -2.19. The van der Waals surface area contributed by atoms with Crippen LogP contribution in [0.5, 0.6) is 5.75 Å². The number of nitrogens with zero attached hydrogens (tertiary/aromatic N) is 1. The molecule has 0 saturated heterocycles. The predicted molar refractivity (Wildman–Crippen MR) is 106 cm³/mol. The Balaban J connectivity index is 1.63. The maximum Gasteiger partial charge on any atom is 0.339 e. The summed E-state index contributed by atoms with van der Waals surface area (Å²) in [5.41, 5.74) is 3.07. The van der Waals surface area contributed by atoms with Gasteiger partial charge in [-0.2, -0.15) is 0 Å². The molecule has 1 aliphatic rings. The SMILES string of the molecule is COc1ccc(F)cc1C(=O)COC(=O)c1c2c(nc3ccccc13)CCCC2. The highest BCUT2D eigenvalue weighted by Gasteiger charge is 2.24. The van der Waals surface area contributed by atoms with Gasteiger partial charge in [-0.1, -0.05) is 18.2 Å². The number of rotatable bonds is 5. The number of pyridine rings is 1. The van der Waals surface area contributed by atoms with E-state index >= 15 is 0 Å². The van der Waals surface area contributed by atoms with Crippen LogP contribution in [0.1, 0.15) is 44.8 Å². The monoisotopic (exact) mass is 393 g/mol. The van der Waals surface area contributed by atoms with Crippen molar-refractivity contribution in [3.8, 4) is 5.75 Å². The molecule has 1 aliphatic carbocycles. The second-order valence-corrected chi connectivity index (χ2v) is 6.98. The average Bonchev–Trinajstić information content (AvgIpc) is 2.75. The number of carbonyl (C=O) groups excluding carboxylic acids is 2. The van der Waals surface area contributed by atoms with E-state index in [-0.39, 0.29) is 11.3 Å². The Hall–Kier alpha value is -3.28. The van der Waals surface area contributed by atoms with Crippen LogP contribution in [0.2, 0.25) is 0 Å². The molecule has 1 heterocycles. The first-order valence-corrected chi connectivity index (χ1v) is 9.53. The Kier molecular flexibility index (Phi) is 5.25. The molecular weight excluding hydrogens is 373 g/mol. The Labute approximate surface area is 167 Å². The van der Waals surface area contributed by atoms with Crippen LogP contribution in [0.3, 0.4) is 0 Å². The van der Waals surface area contributed by atoms with Crippen molar-refractivity contribution in [1.82, 2.24) is 4.98 Å². The molecular formula is C23H20FNO4. The van der Waals surface area contributed by atoms with Crippen molar-refractivity contribution in [3.05, 3.63) is 70.7 Å². The van der Waals surface area contributed by atoms with E-state index in [1.54, 1.807) is 0 Å². The number of benzene rings is 2. The maximum atomic E-state index is 13.5. The summed E-state index contributed by atoms with van der Waals surface area (Å²) in [6, 6.07) is 11.1. The number of hydrogen-bond acceptors (Lipinski definition) is 5. The van der Waals surface area contributed by atoms with E-state index in [4.69, 9.17) is 14.5 Å². The number of esters is 1. The summed E-state index contributed by atoms with van der Waals surface area (Å²) in [4.78, 5) is 30.2. The molecule has 1 aromatic heterocycles. The van der Waals surface area contributed by atoms with Gasteiger partial charge in [0.2, 0.25) is 5.78 Å². The molecule has 0 amide bonds. The van der Waals surface area contributed by atoms with Crippen LogP contribution in [-0.4, -0.2) is 30.5 Å². The van der Waals surface area contributed by atoms with E-state index in [1.165, 1.54) is 19.2 Å². The van der Waals surface area contributed by atoms with Gasteiger partial charge in [0.05, 0.1) is 23.8 Å². The molecule has 0 fully saturated rings. The lowest BCUT2D eigenvalue weighted by molar-refractivity contribution is 0.0474. The molecule has 0 radical (unpaired) electrons. The summed E-state index contributed by atoms with van der Waals surface area (Å²) in [7, 11) is 1.39. The Bertz CT molecular complexity index is 1110. The van der Waals surface area contributed by atoms with Gasteiger partial charge in [0.25, 0.3) is 0 Å². The molecule has 6 heteroatoms. The zero-order valence-corrected chi connectivity index (χ0v) is 16.0. The van der Waals surface area contributed by atoms with Crippen molar-refractivity contribution < 1.29 is 23.5 Å². The molecule has 29 heavy (non-hydrogen) atoms. The van der Waals surface area contributed by atoms with E-state index in [1.807, 2.05) is 24.3 Å². The van der Waals surface area contributed by atoms with Crippen molar-refractivity contribution >= 4 is 22.7 Å². The fraction of sp³-hybridized carbons (Fsp3) is 0.261. The average molecular weight is 393 g/mol. The lowest BCUT2D eigenvalue weighted by Gasteiger charge is -2.20. The number of carbonyl (C=O) groups is 2. The van der Waals surface area contributed by atoms with Crippen molar-refractivity contribution in [1.29, 1.82) is 0 Å². The minimum absolute atomic E-state index is 0.0434. The van der Waals surface area contributed by atoms with Crippen LogP contribution in [0.25, 0.3) is 10.9 Å². The summed E-state index contributed by atoms with van der Waals surface area (Å²) >= 11 is 0.